The molecule has 0 unspecified atom stereocenters. The fraction of sp³-hybridized carbons (Fsp3) is 0.211. The van der Waals surface area contributed by atoms with E-state index in [0.29, 0.717) is 5.75 Å². The minimum atomic E-state index is 0.0100. The lowest BCUT2D eigenvalue weighted by Crippen LogP contribution is -2.14. The van der Waals surface area contributed by atoms with Crippen molar-refractivity contribution in [2.75, 3.05) is 11.1 Å². The van der Waals surface area contributed by atoms with E-state index in [-0.39, 0.29) is 5.91 Å². The number of hydrogen-bond donors (Lipinski definition) is 1. The summed E-state index contributed by atoms with van der Waals surface area (Å²) in [4.78, 5) is 13.1. The van der Waals surface area contributed by atoms with E-state index in [9.17, 15) is 4.79 Å². The second kappa shape index (κ2) is 8.91. The Hall–Kier alpha value is -2.25. The standard InChI is InChI=1S/C19H20N4OS2/c1-14-3-5-15(6-4-14)11-25-12-18(24)21-16-7-9-17(10-8-16)26-19-22-20-13-23(19)2/h3-10,13H,11-12H2,1-2H3,(H,21,24). The van der Waals surface area contributed by atoms with E-state index < -0.39 is 0 Å². The number of aryl methyl sites for hydroxylation is 2. The summed E-state index contributed by atoms with van der Waals surface area (Å²) in [5.41, 5.74) is 3.28. The Morgan fingerprint density at radius 2 is 1.85 bits per heavy atom. The first-order chi connectivity index (χ1) is 12.6. The van der Waals surface area contributed by atoms with E-state index in [1.807, 2.05) is 35.9 Å². The van der Waals surface area contributed by atoms with Crippen LogP contribution in [0.15, 0.2) is 64.9 Å². The van der Waals surface area contributed by atoms with Gasteiger partial charge in [0.05, 0.1) is 5.75 Å². The molecule has 0 aliphatic rings. The van der Waals surface area contributed by atoms with Crippen LogP contribution in [0, 0.1) is 6.92 Å². The zero-order chi connectivity index (χ0) is 18.4. The van der Waals surface area contributed by atoms with Gasteiger partial charge in [-0.1, -0.05) is 29.8 Å². The highest BCUT2D eigenvalue weighted by Crippen LogP contribution is 2.26. The number of aromatic nitrogens is 3. The highest BCUT2D eigenvalue weighted by Gasteiger charge is 2.06. The van der Waals surface area contributed by atoms with Crippen LogP contribution in [0.2, 0.25) is 0 Å². The van der Waals surface area contributed by atoms with Crippen molar-refractivity contribution in [2.45, 2.75) is 22.7 Å². The number of nitrogens with one attached hydrogen (secondary N) is 1. The summed E-state index contributed by atoms with van der Waals surface area (Å²) < 4.78 is 1.87. The second-order valence-electron chi connectivity index (χ2n) is 5.88. The van der Waals surface area contributed by atoms with Gasteiger partial charge in [-0.25, -0.2) is 0 Å². The molecule has 3 rings (SSSR count). The van der Waals surface area contributed by atoms with E-state index in [1.165, 1.54) is 22.9 Å². The Labute approximate surface area is 161 Å². The van der Waals surface area contributed by atoms with Gasteiger partial charge in [-0.05, 0) is 48.5 Å². The third-order valence-electron chi connectivity index (χ3n) is 3.64. The van der Waals surface area contributed by atoms with Gasteiger partial charge in [-0.2, -0.15) is 0 Å². The normalized spacial score (nSPS) is 10.7. The fourth-order valence-corrected chi connectivity index (χ4v) is 3.77. The van der Waals surface area contributed by atoms with E-state index in [4.69, 9.17) is 0 Å². The highest BCUT2D eigenvalue weighted by molar-refractivity contribution is 7.99. The van der Waals surface area contributed by atoms with Crippen molar-refractivity contribution < 1.29 is 4.79 Å². The number of nitrogens with zero attached hydrogens (tertiary/aromatic N) is 3. The Kier molecular flexibility index (Phi) is 6.35. The zero-order valence-corrected chi connectivity index (χ0v) is 16.3. The third kappa shape index (κ3) is 5.37. The van der Waals surface area contributed by atoms with Crippen LogP contribution in [0.5, 0.6) is 0 Å². The average Bonchev–Trinajstić information content (AvgIpc) is 3.03. The van der Waals surface area contributed by atoms with E-state index in [0.717, 1.165) is 21.5 Å². The molecule has 0 atom stereocenters. The van der Waals surface area contributed by atoms with Gasteiger partial charge in [0.15, 0.2) is 5.16 Å². The van der Waals surface area contributed by atoms with Crippen LogP contribution in [-0.2, 0) is 17.6 Å². The van der Waals surface area contributed by atoms with Crippen LogP contribution in [0.4, 0.5) is 5.69 Å². The van der Waals surface area contributed by atoms with Crippen molar-refractivity contribution in [1.29, 1.82) is 0 Å². The van der Waals surface area contributed by atoms with Gasteiger partial charge in [0, 0.05) is 23.4 Å². The molecule has 0 aliphatic heterocycles. The maximum atomic E-state index is 12.1. The van der Waals surface area contributed by atoms with Crippen LogP contribution >= 0.6 is 23.5 Å². The molecule has 3 aromatic rings. The molecular weight excluding hydrogens is 364 g/mol. The van der Waals surface area contributed by atoms with Crippen molar-refractivity contribution in [3.05, 3.63) is 66.0 Å². The highest BCUT2D eigenvalue weighted by atomic mass is 32.2. The lowest BCUT2D eigenvalue weighted by molar-refractivity contribution is -0.113. The Morgan fingerprint density at radius 3 is 2.50 bits per heavy atom. The molecule has 0 radical (unpaired) electrons. The molecule has 7 heteroatoms. The van der Waals surface area contributed by atoms with Crippen LogP contribution in [0.3, 0.4) is 0 Å². The Balaban J connectivity index is 1.45. The molecule has 1 N–H and O–H groups in total. The van der Waals surface area contributed by atoms with Gasteiger partial charge < -0.3 is 9.88 Å². The van der Waals surface area contributed by atoms with Gasteiger partial charge in [0.1, 0.15) is 6.33 Å². The molecule has 0 bridgehead atoms. The number of benzene rings is 2. The Bertz CT molecular complexity index is 860. The first-order valence-electron chi connectivity index (χ1n) is 8.15. The molecule has 5 nitrogen and oxygen atoms in total. The van der Waals surface area contributed by atoms with Gasteiger partial charge in [0.25, 0.3) is 0 Å². The molecule has 134 valence electrons. The summed E-state index contributed by atoms with van der Waals surface area (Å²) in [7, 11) is 1.91. The van der Waals surface area contributed by atoms with Crippen LogP contribution in [0.1, 0.15) is 11.1 Å². The first kappa shape index (κ1) is 18.5. The summed E-state index contributed by atoms with van der Waals surface area (Å²) in [6, 6.07) is 16.1. The molecule has 1 heterocycles. The smallest absolute Gasteiger partial charge is 0.234 e. The van der Waals surface area contributed by atoms with Crippen molar-refractivity contribution in [1.82, 2.24) is 14.8 Å². The molecule has 0 saturated carbocycles. The van der Waals surface area contributed by atoms with Crippen LogP contribution in [0.25, 0.3) is 0 Å². The van der Waals surface area contributed by atoms with Crippen molar-refractivity contribution in [2.24, 2.45) is 7.05 Å². The zero-order valence-electron chi connectivity index (χ0n) is 14.7. The number of thioether (sulfide) groups is 1. The number of carbonyl (C=O) groups excluding carboxylic acids is 1. The van der Waals surface area contributed by atoms with E-state index in [1.54, 1.807) is 18.1 Å². The molecule has 0 saturated heterocycles. The maximum absolute atomic E-state index is 12.1. The number of carbonyl (C=O) groups is 1. The van der Waals surface area contributed by atoms with Crippen molar-refractivity contribution in [3.63, 3.8) is 0 Å². The summed E-state index contributed by atoms with van der Waals surface area (Å²) in [5.74, 6) is 1.28. The molecule has 0 spiro atoms. The topological polar surface area (TPSA) is 59.8 Å². The summed E-state index contributed by atoms with van der Waals surface area (Å²) >= 11 is 3.15. The quantitative estimate of drug-likeness (QED) is 0.663. The average molecular weight is 385 g/mol. The lowest BCUT2D eigenvalue weighted by Gasteiger charge is -2.07. The molecule has 2 aromatic carbocycles. The third-order valence-corrected chi connectivity index (χ3v) is 5.70. The van der Waals surface area contributed by atoms with Gasteiger partial charge >= 0.3 is 0 Å². The largest absolute Gasteiger partial charge is 0.325 e. The predicted octanol–water partition coefficient (Wildman–Crippen LogP) is 4.15. The molecule has 0 fully saturated rings. The molecular formula is C19H20N4OS2. The molecule has 26 heavy (non-hydrogen) atoms. The predicted molar refractivity (Wildman–Crippen MR) is 108 cm³/mol. The van der Waals surface area contributed by atoms with Crippen molar-refractivity contribution >= 4 is 35.1 Å². The number of amides is 1. The molecule has 0 aliphatic carbocycles. The second-order valence-corrected chi connectivity index (χ2v) is 7.90. The minimum absolute atomic E-state index is 0.0100. The monoisotopic (exact) mass is 384 g/mol. The Morgan fingerprint density at radius 1 is 1.12 bits per heavy atom. The first-order valence-corrected chi connectivity index (χ1v) is 10.1. The number of anilines is 1. The summed E-state index contributed by atoms with van der Waals surface area (Å²) in [6.07, 6.45) is 1.67. The van der Waals surface area contributed by atoms with E-state index >= 15 is 0 Å². The van der Waals surface area contributed by atoms with Gasteiger partial charge in [-0.3, -0.25) is 4.79 Å². The number of rotatable bonds is 7. The summed E-state index contributed by atoms with van der Waals surface area (Å²) in [5, 5.41) is 11.7. The van der Waals surface area contributed by atoms with E-state index in [2.05, 4.69) is 46.7 Å². The lowest BCUT2D eigenvalue weighted by atomic mass is 10.2. The van der Waals surface area contributed by atoms with Crippen molar-refractivity contribution in [3.8, 4) is 0 Å². The van der Waals surface area contributed by atoms with Crippen LogP contribution in [-0.4, -0.2) is 26.4 Å². The van der Waals surface area contributed by atoms with Crippen LogP contribution < -0.4 is 5.32 Å². The van der Waals surface area contributed by atoms with Gasteiger partial charge in [-0.15, -0.1) is 22.0 Å². The summed E-state index contributed by atoms with van der Waals surface area (Å²) in [6.45, 7) is 2.07. The molecule has 1 aromatic heterocycles. The fourth-order valence-electron chi connectivity index (χ4n) is 2.22. The maximum Gasteiger partial charge on any atom is 0.234 e. The SMILES string of the molecule is Cc1ccc(CSCC(=O)Nc2ccc(Sc3nncn3C)cc2)cc1. The minimum Gasteiger partial charge on any atom is -0.325 e. The number of hydrogen-bond acceptors (Lipinski definition) is 5. The van der Waals surface area contributed by atoms with Gasteiger partial charge in [0.2, 0.25) is 5.91 Å². The molecule has 1 amide bonds.